The standard InChI is InChI=1S/C25H27N3O5/c1-31-21-14-17(25(30)32-2)12-19-23(21)28(33-3)24(26-19)20-13-16-6-4-8-18-15(7-5-11-29)9-10-27(20)22(16)18/h4,6,8,12-15,29H,5,7,9-11H2,1-3H3. The molecule has 0 saturated carbocycles. The summed E-state index contributed by atoms with van der Waals surface area (Å²) in [6.45, 7) is 1.06. The lowest BCUT2D eigenvalue weighted by atomic mass is 9.88. The maximum Gasteiger partial charge on any atom is 0.338 e. The van der Waals surface area contributed by atoms with Gasteiger partial charge < -0.3 is 24.0 Å². The van der Waals surface area contributed by atoms with Crippen LogP contribution in [0.4, 0.5) is 0 Å². The van der Waals surface area contributed by atoms with Crippen molar-refractivity contribution in [3.05, 3.63) is 47.5 Å². The Bertz CT molecular complexity index is 1350. The minimum atomic E-state index is -0.453. The van der Waals surface area contributed by atoms with Gasteiger partial charge in [-0.25, -0.2) is 9.78 Å². The molecule has 1 N–H and O–H groups in total. The van der Waals surface area contributed by atoms with Crippen LogP contribution in [0.1, 0.15) is 41.1 Å². The van der Waals surface area contributed by atoms with E-state index in [1.54, 1.807) is 31.1 Å². The highest BCUT2D eigenvalue weighted by molar-refractivity contribution is 5.97. The Balaban J connectivity index is 1.73. The molecule has 8 heteroatoms. The van der Waals surface area contributed by atoms with E-state index in [-0.39, 0.29) is 6.61 Å². The maximum atomic E-state index is 12.2. The molecular weight excluding hydrogens is 422 g/mol. The molecule has 1 unspecified atom stereocenters. The number of aryl methyl sites for hydroxylation is 1. The van der Waals surface area contributed by atoms with Gasteiger partial charge in [0.25, 0.3) is 0 Å². The van der Waals surface area contributed by atoms with Crippen molar-refractivity contribution in [3.8, 4) is 17.3 Å². The lowest BCUT2D eigenvalue weighted by molar-refractivity contribution is 0.0600. The number of rotatable bonds is 7. The van der Waals surface area contributed by atoms with Crippen molar-refractivity contribution in [2.45, 2.75) is 31.7 Å². The molecule has 172 valence electrons. The van der Waals surface area contributed by atoms with E-state index in [2.05, 4.69) is 28.8 Å². The average molecular weight is 450 g/mol. The summed E-state index contributed by atoms with van der Waals surface area (Å²) < 4.78 is 14.4. The van der Waals surface area contributed by atoms with Crippen molar-refractivity contribution in [1.29, 1.82) is 0 Å². The van der Waals surface area contributed by atoms with E-state index in [4.69, 9.17) is 19.3 Å². The molecule has 1 atom stereocenters. The first-order valence-corrected chi connectivity index (χ1v) is 11.1. The summed E-state index contributed by atoms with van der Waals surface area (Å²) in [6, 6.07) is 11.9. The summed E-state index contributed by atoms with van der Waals surface area (Å²) in [5.41, 5.74) is 5.06. The monoisotopic (exact) mass is 449 g/mol. The van der Waals surface area contributed by atoms with Gasteiger partial charge in [-0.05, 0) is 48.9 Å². The van der Waals surface area contributed by atoms with Crippen molar-refractivity contribution in [2.75, 3.05) is 27.9 Å². The number of hydrogen-bond acceptors (Lipinski definition) is 6. The summed E-state index contributed by atoms with van der Waals surface area (Å²) in [4.78, 5) is 22.8. The highest BCUT2D eigenvalue weighted by atomic mass is 16.6. The van der Waals surface area contributed by atoms with Crippen LogP contribution in [0.15, 0.2) is 36.4 Å². The van der Waals surface area contributed by atoms with Crippen LogP contribution in [0, 0.1) is 0 Å². The van der Waals surface area contributed by atoms with E-state index in [0.717, 1.165) is 36.9 Å². The molecule has 0 amide bonds. The number of carbonyl (C=O) groups is 1. The smallest absolute Gasteiger partial charge is 0.338 e. The van der Waals surface area contributed by atoms with E-state index in [9.17, 15) is 9.90 Å². The number of carbonyl (C=O) groups excluding carboxylic acids is 1. The van der Waals surface area contributed by atoms with Gasteiger partial charge in [-0.3, -0.25) is 0 Å². The van der Waals surface area contributed by atoms with Crippen LogP contribution < -0.4 is 9.57 Å². The lowest BCUT2D eigenvalue weighted by Crippen LogP contribution is -2.16. The number of hydrogen-bond donors (Lipinski definition) is 1. The van der Waals surface area contributed by atoms with Gasteiger partial charge in [-0.1, -0.05) is 18.2 Å². The molecular formula is C25H27N3O5. The molecule has 0 bridgehead atoms. The van der Waals surface area contributed by atoms with Crippen molar-refractivity contribution in [2.24, 2.45) is 0 Å². The molecule has 2 aromatic carbocycles. The summed E-state index contributed by atoms with van der Waals surface area (Å²) in [5, 5.41) is 10.5. The number of esters is 1. The second-order valence-corrected chi connectivity index (χ2v) is 8.27. The fraction of sp³-hybridized carbons (Fsp3) is 0.360. The molecule has 8 nitrogen and oxygen atoms in total. The van der Waals surface area contributed by atoms with Crippen LogP contribution >= 0.6 is 0 Å². The number of ether oxygens (including phenoxy) is 2. The Morgan fingerprint density at radius 3 is 2.76 bits per heavy atom. The van der Waals surface area contributed by atoms with Gasteiger partial charge >= 0.3 is 5.97 Å². The van der Waals surface area contributed by atoms with Crippen molar-refractivity contribution in [1.82, 2.24) is 14.3 Å². The third-order valence-electron chi connectivity index (χ3n) is 6.53. The summed E-state index contributed by atoms with van der Waals surface area (Å²) in [5.74, 6) is 1.10. The normalized spacial score (nSPS) is 15.2. The Morgan fingerprint density at radius 1 is 1.18 bits per heavy atom. The van der Waals surface area contributed by atoms with Gasteiger partial charge in [0.05, 0.1) is 36.5 Å². The van der Waals surface area contributed by atoms with E-state index in [1.807, 2.05) is 0 Å². The molecule has 4 aromatic rings. The lowest BCUT2D eigenvalue weighted by Gasteiger charge is -2.26. The second kappa shape index (κ2) is 8.44. The fourth-order valence-corrected chi connectivity index (χ4v) is 5.06. The highest BCUT2D eigenvalue weighted by Crippen LogP contribution is 2.41. The number of aromatic nitrogens is 3. The van der Waals surface area contributed by atoms with E-state index >= 15 is 0 Å². The maximum absolute atomic E-state index is 12.2. The van der Waals surface area contributed by atoms with E-state index in [0.29, 0.717) is 34.1 Å². The molecule has 1 aliphatic rings. The number of imidazole rings is 1. The number of benzene rings is 2. The topological polar surface area (TPSA) is 87.7 Å². The molecule has 0 spiro atoms. The predicted octanol–water partition coefficient (Wildman–Crippen LogP) is 3.77. The molecule has 0 radical (unpaired) electrons. The van der Waals surface area contributed by atoms with Gasteiger partial charge in [0, 0.05) is 18.5 Å². The SMILES string of the molecule is COC(=O)c1cc(OC)c2c(c1)nc(-c1cc3cccc4c3n1CCC4CCCO)n2OC. The zero-order valence-corrected chi connectivity index (χ0v) is 19.0. The third kappa shape index (κ3) is 3.33. The summed E-state index contributed by atoms with van der Waals surface area (Å²) in [6.07, 6.45) is 2.77. The van der Waals surface area contributed by atoms with E-state index in [1.165, 1.54) is 18.2 Å². The Kier molecular flexibility index (Phi) is 5.46. The second-order valence-electron chi connectivity index (χ2n) is 8.27. The Hall–Kier alpha value is -3.52. The van der Waals surface area contributed by atoms with Crippen LogP contribution in [-0.2, 0) is 11.3 Å². The van der Waals surface area contributed by atoms with Gasteiger partial charge in [-0.2, -0.15) is 4.73 Å². The first-order valence-electron chi connectivity index (χ1n) is 11.1. The first kappa shape index (κ1) is 21.3. The number of nitrogens with zero attached hydrogens (tertiary/aromatic N) is 3. The number of fused-ring (bicyclic) bond motifs is 1. The number of aliphatic hydroxyl groups excluding tert-OH is 1. The molecule has 0 aliphatic carbocycles. The minimum Gasteiger partial charge on any atom is -0.494 e. The number of aliphatic hydroxyl groups is 1. The van der Waals surface area contributed by atoms with Crippen LogP contribution in [0.25, 0.3) is 33.5 Å². The molecule has 5 rings (SSSR count). The van der Waals surface area contributed by atoms with Crippen LogP contribution in [-0.4, -0.2) is 53.3 Å². The third-order valence-corrected chi connectivity index (χ3v) is 6.53. The average Bonchev–Trinajstić information content (AvgIpc) is 3.41. The minimum absolute atomic E-state index is 0.214. The quantitative estimate of drug-likeness (QED) is 0.432. The molecule has 3 heterocycles. The zero-order valence-electron chi connectivity index (χ0n) is 19.0. The largest absolute Gasteiger partial charge is 0.494 e. The zero-order chi connectivity index (χ0) is 23.1. The Morgan fingerprint density at radius 2 is 2.03 bits per heavy atom. The Labute approximate surface area is 191 Å². The van der Waals surface area contributed by atoms with Gasteiger partial charge in [0.15, 0.2) is 5.82 Å². The molecule has 1 aliphatic heterocycles. The van der Waals surface area contributed by atoms with Crippen molar-refractivity contribution < 1.29 is 24.2 Å². The van der Waals surface area contributed by atoms with Crippen molar-refractivity contribution >= 4 is 27.9 Å². The van der Waals surface area contributed by atoms with Crippen LogP contribution in [0.3, 0.4) is 0 Å². The first-order chi connectivity index (χ1) is 16.1. The summed E-state index contributed by atoms with van der Waals surface area (Å²) in [7, 11) is 4.49. The van der Waals surface area contributed by atoms with E-state index < -0.39 is 5.97 Å². The van der Waals surface area contributed by atoms with Gasteiger partial charge in [0.1, 0.15) is 18.4 Å². The predicted molar refractivity (Wildman–Crippen MR) is 125 cm³/mol. The summed E-state index contributed by atoms with van der Waals surface area (Å²) >= 11 is 0. The number of para-hydroxylation sites is 1. The van der Waals surface area contributed by atoms with Crippen LogP contribution in [0.2, 0.25) is 0 Å². The van der Waals surface area contributed by atoms with Gasteiger partial charge in [-0.15, -0.1) is 0 Å². The van der Waals surface area contributed by atoms with Crippen molar-refractivity contribution in [3.63, 3.8) is 0 Å². The highest BCUT2D eigenvalue weighted by Gasteiger charge is 2.28. The molecule has 2 aromatic heterocycles. The molecule has 0 saturated heterocycles. The molecule has 0 fully saturated rings. The molecule has 33 heavy (non-hydrogen) atoms. The fourth-order valence-electron chi connectivity index (χ4n) is 5.06. The van der Waals surface area contributed by atoms with Crippen LogP contribution in [0.5, 0.6) is 5.75 Å². The number of methoxy groups -OCH3 is 2. The van der Waals surface area contributed by atoms with Gasteiger partial charge in [0.2, 0.25) is 0 Å².